The Morgan fingerprint density at radius 3 is 2.60 bits per heavy atom. The van der Waals surface area contributed by atoms with E-state index in [1.807, 2.05) is 0 Å². The summed E-state index contributed by atoms with van der Waals surface area (Å²) in [7, 11) is 0. The molecule has 25 heavy (non-hydrogen) atoms. The van der Waals surface area contributed by atoms with Crippen LogP contribution in [0, 0.1) is 5.92 Å². The lowest BCUT2D eigenvalue weighted by Gasteiger charge is -2.32. The van der Waals surface area contributed by atoms with Crippen LogP contribution >= 0.6 is 0 Å². The topological polar surface area (TPSA) is 44.4 Å². The molecule has 1 heterocycles. The molecule has 0 radical (unpaired) electrons. The Bertz CT molecular complexity index is 483. The minimum atomic E-state index is -0.00397. The van der Waals surface area contributed by atoms with Crippen molar-refractivity contribution in [3.05, 3.63) is 35.9 Å². The lowest BCUT2D eigenvalue weighted by Crippen LogP contribution is -2.44. The number of nitrogens with zero attached hydrogens (tertiary/aromatic N) is 1. The first-order valence-electron chi connectivity index (χ1n) is 9.98. The van der Waals surface area contributed by atoms with Crippen molar-refractivity contribution < 1.29 is 4.79 Å². The predicted molar refractivity (Wildman–Crippen MR) is 105 cm³/mol. The average molecular weight is 346 g/mol. The van der Waals surface area contributed by atoms with E-state index < -0.39 is 0 Å². The van der Waals surface area contributed by atoms with Crippen molar-refractivity contribution in [1.29, 1.82) is 0 Å². The van der Waals surface area contributed by atoms with Gasteiger partial charge < -0.3 is 10.6 Å². The number of nitrogens with one attached hydrogen (secondary N) is 2. The van der Waals surface area contributed by atoms with Crippen molar-refractivity contribution in [2.75, 3.05) is 19.6 Å². The number of likely N-dealkylation sites (tertiary alicyclic amines) is 1. The van der Waals surface area contributed by atoms with Gasteiger partial charge in [0.15, 0.2) is 0 Å². The summed E-state index contributed by atoms with van der Waals surface area (Å²) in [5, 5.41) is 6.13. The molecule has 1 aromatic rings. The fourth-order valence-electron chi connectivity index (χ4n) is 3.47. The molecule has 0 aromatic heterocycles. The Kier molecular flexibility index (Phi) is 8.81. The maximum Gasteiger partial charge on any atom is 0.315 e. The first kappa shape index (κ1) is 19.8. The fraction of sp³-hybridized carbons (Fsp3) is 0.667. The Hall–Kier alpha value is -1.55. The van der Waals surface area contributed by atoms with Gasteiger partial charge in [-0.15, -0.1) is 0 Å². The normalized spacial score (nSPS) is 17.2. The third-order valence-electron chi connectivity index (χ3n) is 5.13. The SMILES string of the molecule is CCCCCC(C)NC(=O)NCC1CCN(Cc2ccccc2)CC1. The number of piperidine rings is 1. The zero-order chi connectivity index (χ0) is 17.9. The van der Waals surface area contributed by atoms with Crippen molar-refractivity contribution in [3.63, 3.8) is 0 Å². The van der Waals surface area contributed by atoms with E-state index in [1.54, 1.807) is 0 Å². The molecule has 140 valence electrons. The molecule has 1 fully saturated rings. The lowest BCUT2D eigenvalue weighted by atomic mass is 9.96. The van der Waals surface area contributed by atoms with E-state index in [1.165, 1.54) is 37.7 Å². The summed E-state index contributed by atoms with van der Waals surface area (Å²) >= 11 is 0. The van der Waals surface area contributed by atoms with Crippen LogP contribution in [0.1, 0.15) is 57.9 Å². The largest absolute Gasteiger partial charge is 0.338 e. The summed E-state index contributed by atoms with van der Waals surface area (Å²) in [5.41, 5.74) is 1.38. The van der Waals surface area contributed by atoms with Crippen LogP contribution in [-0.4, -0.2) is 36.6 Å². The van der Waals surface area contributed by atoms with E-state index in [0.717, 1.165) is 32.6 Å². The lowest BCUT2D eigenvalue weighted by molar-refractivity contribution is 0.174. The van der Waals surface area contributed by atoms with Gasteiger partial charge in [0, 0.05) is 19.1 Å². The molecule has 1 aromatic carbocycles. The van der Waals surface area contributed by atoms with Crippen LogP contribution in [0.3, 0.4) is 0 Å². The number of carbonyl (C=O) groups excluding carboxylic acids is 1. The second kappa shape index (κ2) is 11.1. The molecule has 1 aliphatic heterocycles. The smallest absolute Gasteiger partial charge is 0.315 e. The molecule has 0 saturated carbocycles. The van der Waals surface area contributed by atoms with Crippen LogP contribution in [-0.2, 0) is 6.54 Å². The van der Waals surface area contributed by atoms with Crippen molar-refractivity contribution in [3.8, 4) is 0 Å². The van der Waals surface area contributed by atoms with E-state index in [0.29, 0.717) is 5.92 Å². The van der Waals surface area contributed by atoms with E-state index in [4.69, 9.17) is 0 Å². The van der Waals surface area contributed by atoms with Crippen LogP contribution in [0.4, 0.5) is 4.79 Å². The van der Waals surface area contributed by atoms with Gasteiger partial charge in [-0.1, -0.05) is 56.5 Å². The zero-order valence-corrected chi connectivity index (χ0v) is 16.0. The zero-order valence-electron chi connectivity index (χ0n) is 16.0. The Labute approximate surface area is 153 Å². The number of carbonyl (C=O) groups is 1. The van der Waals surface area contributed by atoms with Gasteiger partial charge in [-0.25, -0.2) is 4.79 Å². The van der Waals surface area contributed by atoms with Crippen molar-refractivity contribution in [2.24, 2.45) is 5.92 Å². The predicted octanol–water partition coefficient (Wildman–Crippen LogP) is 4.17. The Morgan fingerprint density at radius 2 is 1.92 bits per heavy atom. The molecule has 4 nitrogen and oxygen atoms in total. The van der Waals surface area contributed by atoms with Crippen molar-refractivity contribution in [2.45, 2.75) is 65.0 Å². The van der Waals surface area contributed by atoms with Gasteiger partial charge in [-0.05, 0) is 50.8 Å². The summed E-state index contributed by atoms with van der Waals surface area (Å²) in [4.78, 5) is 14.5. The first-order valence-corrected chi connectivity index (χ1v) is 9.98. The number of rotatable bonds is 9. The molecule has 0 spiro atoms. The van der Waals surface area contributed by atoms with E-state index in [-0.39, 0.29) is 12.1 Å². The molecule has 1 saturated heterocycles. The molecule has 1 atom stereocenters. The molecule has 0 aliphatic carbocycles. The Morgan fingerprint density at radius 1 is 1.20 bits per heavy atom. The van der Waals surface area contributed by atoms with Gasteiger partial charge in [0.25, 0.3) is 0 Å². The molecule has 1 aliphatic rings. The number of amides is 2. The van der Waals surface area contributed by atoms with Crippen LogP contribution < -0.4 is 10.6 Å². The van der Waals surface area contributed by atoms with Crippen molar-refractivity contribution in [1.82, 2.24) is 15.5 Å². The number of benzene rings is 1. The quantitative estimate of drug-likeness (QED) is 0.660. The van der Waals surface area contributed by atoms with E-state index >= 15 is 0 Å². The van der Waals surface area contributed by atoms with E-state index in [2.05, 4.69) is 59.7 Å². The number of hydrogen-bond acceptors (Lipinski definition) is 2. The summed E-state index contributed by atoms with van der Waals surface area (Å²) in [6, 6.07) is 10.9. The summed E-state index contributed by atoms with van der Waals surface area (Å²) in [5.74, 6) is 0.605. The molecule has 4 heteroatoms. The molecule has 1 unspecified atom stereocenters. The molecule has 2 rings (SSSR count). The number of hydrogen-bond donors (Lipinski definition) is 2. The van der Waals surface area contributed by atoms with Crippen LogP contribution in [0.2, 0.25) is 0 Å². The van der Waals surface area contributed by atoms with Crippen molar-refractivity contribution >= 4 is 6.03 Å². The van der Waals surface area contributed by atoms with Gasteiger partial charge in [0.05, 0.1) is 0 Å². The second-order valence-electron chi connectivity index (χ2n) is 7.46. The minimum Gasteiger partial charge on any atom is -0.338 e. The second-order valence-corrected chi connectivity index (χ2v) is 7.46. The molecule has 0 bridgehead atoms. The summed E-state index contributed by atoms with van der Waals surface area (Å²) in [6.07, 6.45) is 7.06. The summed E-state index contributed by atoms with van der Waals surface area (Å²) < 4.78 is 0. The van der Waals surface area contributed by atoms with Crippen LogP contribution in [0.5, 0.6) is 0 Å². The third-order valence-corrected chi connectivity index (χ3v) is 5.13. The standard InChI is InChI=1S/C21H35N3O/c1-3-4-6-9-18(2)23-21(25)22-16-19-12-14-24(15-13-19)17-20-10-7-5-8-11-20/h5,7-8,10-11,18-19H,3-4,6,9,12-17H2,1-2H3,(H2,22,23,25). The third kappa shape index (κ3) is 7.91. The van der Waals surface area contributed by atoms with Gasteiger partial charge in [-0.2, -0.15) is 0 Å². The highest BCUT2D eigenvalue weighted by atomic mass is 16.2. The van der Waals surface area contributed by atoms with E-state index in [9.17, 15) is 4.79 Å². The van der Waals surface area contributed by atoms with Gasteiger partial charge in [0.1, 0.15) is 0 Å². The highest BCUT2D eigenvalue weighted by Gasteiger charge is 2.19. The highest BCUT2D eigenvalue weighted by Crippen LogP contribution is 2.18. The number of urea groups is 1. The van der Waals surface area contributed by atoms with Crippen LogP contribution in [0.15, 0.2) is 30.3 Å². The molecular formula is C21H35N3O. The van der Waals surface area contributed by atoms with Crippen LogP contribution in [0.25, 0.3) is 0 Å². The average Bonchev–Trinajstić information content (AvgIpc) is 2.62. The fourth-order valence-corrected chi connectivity index (χ4v) is 3.47. The maximum atomic E-state index is 12.0. The Balaban J connectivity index is 1.58. The maximum absolute atomic E-state index is 12.0. The molecular weight excluding hydrogens is 310 g/mol. The molecule has 2 amide bonds. The summed E-state index contributed by atoms with van der Waals surface area (Å²) in [6.45, 7) is 8.38. The minimum absolute atomic E-state index is 0.00397. The highest BCUT2D eigenvalue weighted by molar-refractivity contribution is 5.74. The van der Waals surface area contributed by atoms with Gasteiger partial charge in [-0.3, -0.25) is 4.90 Å². The number of unbranched alkanes of at least 4 members (excludes halogenated alkanes) is 2. The van der Waals surface area contributed by atoms with Gasteiger partial charge in [0.2, 0.25) is 0 Å². The van der Waals surface area contributed by atoms with Gasteiger partial charge >= 0.3 is 6.03 Å². The first-order chi connectivity index (χ1) is 12.2. The monoisotopic (exact) mass is 345 g/mol. The molecule has 2 N–H and O–H groups in total.